The van der Waals surface area contributed by atoms with Crippen molar-refractivity contribution < 1.29 is 0 Å². The molecule has 0 fully saturated rings. The van der Waals surface area contributed by atoms with Crippen LogP contribution in [0.5, 0.6) is 0 Å². The van der Waals surface area contributed by atoms with E-state index in [1.54, 1.807) is 0 Å². The number of halogens is 2. The summed E-state index contributed by atoms with van der Waals surface area (Å²) >= 11 is 11.8. The van der Waals surface area contributed by atoms with Gasteiger partial charge in [-0.3, -0.25) is 0 Å². The molecule has 0 nitrogen and oxygen atoms in total. The molecule has 0 saturated carbocycles. The van der Waals surface area contributed by atoms with E-state index in [0.717, 1.165) is 6.42 Å². The summed E-state index contributed by atoms with van der Waals surface area (Å²) in [5, 5.41) is 1.25. The first-order valence-electron chi connectivity index (χ1n) is 4.71. The van der Waals surface area contributed by atoms with Gasteiger partial charge >= 0.3 is 0 Å². The molecule has 0 aromatic heterocycles. The first-order valence-corrected chi connectivity index (χ1v) is 5.47. The average Bonchev–Trinajstić information content (AvgIpc) is 2.18. The van der Waals surface area contributed by atoms with Crippen molar-refractivity contribution >= 4 is 23.2 Å². The monoisotopic (exact) mass is 228 g/mol. The number of hydrogen-bond donors (Lipinski definition) is 0. The van der Waals surface area contributed by atoms with E-state index in [2.05, 4.69) is 19.1 Å². The molecule has 0 heterocycles. The molecule has 76 valence electrons. The topological polar surface area (TPSA) is 0 Å². The Kier molecular flexibility index (Phi) is 4.50. The predicted octanol–water partition coefficient (Wildman–Crippen LogP) is 5.06. The minimum atomic E-state index is 0.487. The zero-order valence-electron chi connectivity index (χ0n) is 8.43. The van der Waals surface area contributed by atoms with Gasteiger partial charge in [0.25, 0.3) is 0 Å². The van der Waals surface area contributed by atoms with Crippen molar-refractivity contribution in [3.8, 4) is 0 Å². The number of allylic oxidation sites excluding steroid dienone is 2. The van der Waals surface area contributed by atoms with Crippen LogP contribution in [0.3, 0.4) is 0 Å². The smallest absolute Gasteiger partial charge is 0.0595 e. The second kappa shape index (κ2) is 5.43. The van der Waals surface area contributed by atoms with E-state index < -0.39 is 0 Å². The van der Waals surface area contributed by atoms with Gasteiger partial charge in [-0.25, -0.2) is 0 Å². The van der Waals surface area contributed by atoms with Crippen molar-refractivity contribution in [2.45, 2.75) is 26.2 Å². The van der Waals surface area contributed by atoms with Gasteiger partial charge < -0.3 is 0 Å². The van der Waals surface area contributed by atoms with Gasteiger partial charge in [-0.2, -0.15) is 0 Å². The Morgan fingerprint density at radius 1 is 1.29 bits per heavy atom. The van der Waals surface area contributed by atoms with E-state index in [4.69, 9.17) is 23.2 Å². The van der Waals surface area contributed by atoms with E-state index >= 15 is 0 Å². The maximum atomic E-state index is 5.94. The van der Waals surface area contributed by atoms with E-state index in [1.165, 1.54) is 5.56 Å². The largest absolute Gasteiger partial charge is 0.0916 e. The second-order valence-electron chi connectivity index (χ2n) is 3.38. The highest BCUT2D eigenvalue weighted by atomic mass is 35.5. The van der Waals surface area contributed by atoms with Crippen LogP contribution in [0.25, 0.3) is 0 Å². The van der Waals surface area contributed by atoms with Crippen LogP contribution in [0.4, 0.5) is 0 Å². The average molecular weight is 229 g/mol. The summed E-state index contributed by atoms with van der Waals surface area (Å²) in [4.78, 5) is 0. The molecule has 1 unspecified atom stereocenters. The Balaban J connectivity index is 2.80. The highest BCUT2D eigenvalue weighted by Crippen LogP contribution is 2.27. The van der Waals surface area contributed by atoms with Crippen molar-refractivity contribution in [1.29, 1.82) is 0 Å². The summed E-state index contributed by atoms with van der Waals surface area (Å²) in [5.41, 5.74) is 1.23. The fourth-order valence-electron chi connectivity index (χ4n) is 1.30. The van der Waals surface area contributed by atoms with Crippen LogP contribution < -0.4 is 0 Å². The van der Waals surface area contributed by atoms with Crippen LogP contribution in [0, 0.1) is 0 Å². The summed E-state index contributed by atoms with van der Waals surface area (Å²) in [6.07, 6.45) is 5.26. The van der Waals surface area contributed by atoms with Gasteiger partial charge in [-0.05, 0) is 37.0 Å². The summed E-state index contributed by atoms with van der Waals surface area (Å²) in [6, 6.07) is 5.83. The lowest BCUT2D eigenvalue weighted by molar-refractivity contribution is 0.780. The molecule has 0 spiro atoms. The van der Waals surface area contributed by atoms with Gasteiger partial charge in [0.05, 0.1) is 10.0 Å². The van der Waals surface area contributed by atoms with Crippen molar-refractivity contribution in [2.75, 3.05) is 0 Å². The highest BCUT2D eigenvalue weighted by Gasteiger charge is 2.05. The van der Waals surface area contributed by atoms with Crippen LogP contribution in [-0.2, 0) is 0 Å². The Morgan fingerprint density at radius 3 is 2.57 bits per heavy atom. The molecule has 0 aliphatic rings. The molecule has 1 aromatic rings. The van der Waals surface area contributed by atoms with Crippen molar-refractivity contribution in [3.05, 3.63) is 46.0 Å². The molecule has 0 aliphatic carbocycles. The number of hydrogen-bond acceptors (Lipinski definition) is 0. The van der Waals surface area contributed by atoms with E-state index in [9.17, 15) is 0 Å². The van der Waals surface area contributed by atoms with Crippen molar-refractivity contribution in [3.63, 3.8) is 0 Å². The van der Waals surface area contributed by atoms with Gasteiger partial charge in [0.2, 0.25) is 0 Å². The van der Waals surface area contributed by atoms with Crippen LogP contribution in [0.15, 0.2) is 30.4 Å². The first kappa shape index (κ1) is 11.6. The third-order valence-corrected chi connectivity index (χ3v) is 2.98. The summed E-state index contributed by atoms with van der Waals surface area (Å²) in [6.45, 7) is 4.21. The zero-order chi connectivity index (χ0) is 10.6. The summed E-state index contributed by atoms with van der Waals surface area (Å²) in [7, 11) is 0. The summed E-state index contributed by atoms with van der Waals surface area (Å²) in [5.74, 6) is 0.487. The number of benzene rings is 1. The Hall–Kier alpha value is -0.460. The highest BCUT2D eigenvalue weighted by molar-refractivity contribution is 6.42. The SMILES string of the molecule is C/C=C\CC(C)c1ccc(Cl)c(Cl)c1. The maximum absolute atomic E-state index is 5.94. The lowest BCUT2D eigenvalue weighted by atomic mass is 9.98. The molecule has 1 rings (SSSR count). The fraction of sp³-hybridized carbons (Fsp3) is 0.333. The summed E-state index contributed by atoms with van der Waals surface area (Å²) < 4.78 is 0. The lowest BCUT2D eigenvalue weighted by Gasteiger charge is -2.09. The van der Waals surface area contributed by atoms with Gasteiger partial charge in [0.15, 0.2) is 0 Å². The van der Waals surface area contributed by atoms with Crippen LogP contribution in [0.2, 0.25) is 10.0 Å². The maximum Gasteiger partial charge on any atom is 0.0595 e. The van der Waals surface area contributed by atoms with Crippen LogP contribution >= 0.6 is 23.2 Å². The van der Waals surface area contributed by atoms with E-state index in [-0.39, 0.29) is 0 Å². The lowest BCUT2D eigenvalue weighted by Crippen LogP contribution is -1.91. The molecule has 0 radical (unpaired) electrons. The molecule has 0 bridgehead atoms. The molecule has 2 heteroatoms. The van der Waals surface area contributed by atoms with E-state index in [0.29, 0.717) is 16.0 Å². The minimum absolute atomic E-state index is 0.487. The molecular weight excluding hydrogens is 215 g/mol. The Morgan fingerprint density at radius 2 is 2.00 bits per heavy atom. The molecule has 0 amide bonds. The standard InChI is InChI=1S/C12H14Cl2/c1-3-4-5-9(2)10-6-7-11(13)12(14)8-10/h3-4,6-9H,5H2,1-2H3/b4-3-. The molecule has 1 atom stereocenters. The molecular formula is C12H14Cl2. The second-order valence-corrected chi connectivity index (χ2v) is 4.19. The van der Waals surface area contributed by atoms with Gasteiger partial charge in [-0.15, -0.1) is 0 Å². The fourth-order valence-corrected chi connectivity index (χ4v) is 1.60. The molecule has 1 aromatic carbocycles. The number of rotatable bonds is 3. The van der Waals surface area contributed by atoms with Crippen LogP contribution in [-0.4, -0.2) is 0 Å². The molecule has 0 saturated heterocycles. The zero-order valence-corrected chi connectivity index (χ0v) is 9.94. The van der Waals surface area contributed by atoms with Gasteiger partial charge in [0.1, 0.15) is 0 Å². The van der Waals surface area contributed by atoms with E-state index in [1.807, 2.05) is 25.1 Å². The third kappa shape index (κ3) is 3.04. The first-order chi connectivity index (χ1) is 6.65. The third-order valence-electron chi connectivity index (χ3n) is 2.24. The van der Waals surface area contributed by atoms with Crippen molar-refractivity contribution in [1.82, 2.24) is 0 Å². The molecule has 14 heavy (non-hydrogen) atoms. The molecule has 0 N–H and O–H groups in total. The minimum Gasteiger partial charge on any atom is -0.0916 e. The Bertz CT molecular complexity index is 329. The normalized spacial score (nSPS) is 13.4. The quantitative estimate of drug-likeness (QED) is 0.635. The Labute approximate surface area is 95.5 Å². The van der Waals surface area contributed by atoms with Gasteiger partial charge in [0, 0.05) is 0 Å². The van der Waals surface area contributed by atoms with Crippen LogP contribution in [0.1, 0.15) is 31.7 Å². The van der Waals surface area contributed by atoms with Gasteiger partial charge in [-0.1, -0.05) is 48.3 Å². The predicted molar refractivity (Wildman–Crippen MR) is 64.3 cm³/mol. The van der Waals surface area contributed by atoms with Crippen molar-refractivity contribution in [2.24, 2.45) is 0 Å². The molecule has 0 aliphatic heterocycles.